The number of anilines is 1. The molecule has 1 aliphatic rings. The van der Waals surface area contributed by atoms with Gasteiger partial charge in [-0.15, -0.1) is 11.8 Å². The molecule has 3 aromatic carbocycles. The van der Waals surface area contributed by atoms with Gasteiger partial charge in [-0.2, -0.15) is 0 Å². The Labute approximate surface area is 202 Å². The van der Waals surface area contributed by atoms with E-state index in [1.165, 1.54) is 0 Å². The van der Waals surface area contributed by atoms with Gasteiger partial charge in [-0.05, 0) is 92.2 Å². The van der Waals surface area contributed by atoms with Crippen molar-refractivity contribution in [2.45, 2.75) is 31.7 Å². The van der Waals surface area contributed by atoms with E-state index in [4.69, 9.17) is 9.15 Å². The normalized spacial score (nSPS) is 15.1. The first-order valence-corrected chi connectivity index (χ1v) is 12.4. The van der Waals surface area contributed by atoms with Gasteiger partial charge in [0.25, 0.3) is 5.91 Å². The number of hydrogen-bond donors (Lipinski definition) is 0. The Morgan fingerprint density at radius 3 is 2.29 bits per heavy atom. The summed E-state index contributed by atoms with van der Waals surface area (Å²) in [5.74, 6) is 0.506. The second kappa shape index (κ2) is 8.69. The van der Waals surface area contributed by atoms with Gasteiger partial charge in [0.1, 0.15) is 11.3 Å². The molecule has 34 heavy (non-hydrogen) atoms. The average molecular weight is 472 g/mol. The van der Waals surface area contributed by atoms with E-state index in [-0.39, 0.29) is 17.1 Å². The lowest BCUT2D eigenvalue weighted by Crippen LogP contribution is -2.29. The summed E-state index contributed by atoms with van der Waals surface area (Å²) in [6.07, 6.45) is 2.01. The Hall–Kier alpha value is -3.51. The number of benzene rings is 3. The van der Waals surface area contributed by atoms with Gasteiger partial charge in [0.15, 0.2) is 5.43 Å². The Morgan fingerprint density at radius 1 is 0.971 bits per heavy atom. The lowest BCUT2D eigenvalue weighted by molar-refractivity contribution is 0.0971. The van der Waals surface area contributed by atoms with E-state index >= 15 is 0 Å². The third kappa shape index (κ3) is 3.59. The van der Waals surface area contributed by atoms with Crippen molar-refractivity contribution in [3.05, 3.63) is 98.9 Å². The monoisotopic (exact) mass is 471 g/mol. The molecular weight excluding hydrogens is 446 g/mol. The van der Waals surface area contributed by atoms with Gasteiger partial charge in [-0.1, -0.05) is 12.1 Å². The summed E-state index contributed by atoms with van der Waals surface area (Å²) in [6, 6.07) is 18.4. The summed E-state index contributed by atoms with van der Waals surface area (Å²) in [5.41, 5.74) is 4.20. The quantitative estimate of drug-likeness (QED) is 0.321. The molecule has 0 saturated carbocycles. The highest BCUT2D eigenvalue weighted by molar-refractivity contribution is 7.98. The Balaban J connectivity index is 1.74. The van der Waals surface area contributed by atoms with Gasteiger partial charge in [-0.3, -0.25) is 14.5 Å². The predicted octanol–water partition coefficient (Wildman–Crippen LogP) is 6.28. The lowest BCUT2D eigenvalue weighted by atomic mass is 9.97. The zero-order chi connectivity index (χ0) is 24.0. The number of amides is 1. The second-order valence-electron chi connectivity index (χ2n) is 8.38. The van der Waals surface area contributed by atoms with E-state index in [0.717, 1.165) is 27.3 Å². The molecule has 172 valence electrons. The number of rotatable bonds is 5. The van der Waals surface area contributed by atoms with Gasteiger partial charge in [-0.25, -0.2) is 0 Å². The number of aryl methyl sites for hydroxylation is 2. The molecule has 0 bridgehead atoms. The minimum Gasteiger partial charge on any atom is -0.494 e. The lowest BCUT2D eigenvalue weighted by Gasteiger charge is -2.25. The SMILES string of the molecule is CCOc1ccc(N2C(=O)c3oc4cc(C)c(C)cc4c(=O)c3C2c2ccc(SC)cc2)cc1. The predicted molar refractivity (Wildman–Crippen MR) is 136 cm³/mol. The highest BCUT2D eigenvalue weighted by atomic mass is 32.2. The Bertz CT molecular complexity index is 1460. The molecule has 1 atom stereocenters. The summed E-state index contributed by atoms with van der Waals surface area (Å²) in [6.45, 7) is 6.42. The number of fused-ring (bicyclic) bond motifs is 2. The van der Waals surface area contributed by atoms with E-state index in [1.807, 2.05) is 87.7 Å². The molecule has 0 radical (unpaired) electrons. The van der Waals surface area contributed by atoms with Crippen molar-refractivity contribution in [2.24, 2.45) is 0 Å². The van der Waals surface area contributed by atoms with E-state index < -0.39 is 6.04 Å². The molecular formula is C28H25NO4S. The van der Waals surface area contributed by atoms with Crippen molar-refractivity contribution >= 4 is 34.3 Å². The van der Waals surface area contributed by atoms with Gasteiger partial charge in [0, 0.05) is 10.6 Å². The fraction of sp³-hybridized carbons (Fsp3) is 0.214. The zero-order valence-corrected chi connectivity index (χ0v) is 20.4. The third-order valence-electron chi connectivity index (χ3n) is 6.34. The van der Waals surface area contributed by atoms with E-state index in [2.05, 4.69) is 0 Å². The number of carbonyl (C=O) groups is 1. The van der Waals surface area contributed by atoms with Crippen molar-refractivity contribution in [3.63, 3.8) is 0 Å². The fourth-order valence-corrected chi connectivity index (χ4v) is 4.87. The molecule has 0 spiro atoms. The smallest absolute Gasteiger partial charge is 0.295 e. The number of ether oxygens (including phenoxy) is 1. The van der Waals surface area contributed by atoms with E-state index in [0.29, 0.717) is 28.8 Å². The maximum atomic E-state index is 13.8. The molecule has 0 fully saturated rings. The first-order chi connectivity index (χ1) is 16.4. The van der Waals surface area contributed by atoms with E-state index in [9.17, 15) is 9.59 Å². The van der Waals surface area contributed by atoms with Crippen molar-refractivity contribution in [1.82, 2.24) is 0 Å². The van der Waals surface area contributed by atoms with Crippen LogP contribution in [-0.4, -0.2) is 18.8 Å². The van der Waals surface area contributed by atoms with E-state index in [1.54, 1.807) is 16.7 Å². The molecule has 5 nitrogen and oxygen atoms in total. The zero-order valence-electron chi connectivity index (χ0n) is 19.5. The minimum atomic E-state index is -0.585. The highest BCUT2D eigenvalue weighted by Crippen LogP contribution is 2.42. The molecule has 0 N–H and O–H groups in total. The Morgan fingerprint density at radius 2 is 1.65 bits per heavy atom. The van der Waals surface area contributed by atoms with Gasteiger partial charge >= 0.3 is 0 Å². The van der Waals surface area contributed by atoms with Crippen LogP contribution in [0.4, 0.5) is 5.69 Å². The minimum absolute atomic E-state index is 0.105. The van der Waals surface area contributed by atoms with Crippen molar-refractivity contribution in [2.75, 3.05) is 17.8 Å². The summed E-state index contributed by atoms with van der Waals surface area (Å²) in [4.78, 5) is 30.3. The first kappa shape index (κ1) is 22.3. The van der Waals surface area contributed by atoms with Crippen LogP contribution in [-0.2, 0) is 0 Å². The molecule has 2 heterocycles. The van der Waals surface area contributed by atoms with Crippen LogP contribution >= 0.6 is 11.8 Å². The molecule has 4 aromatic rings. The fourth-order valence-electron chi connectivity index (χ4n) is 4.47. The molecule has 0 saturated heterocycles. The second-order valence-corrected chi connectivity index (χ2v) is 9.26. The molecule has 6 heteroatoms. The van der Waals surface area contributed by atoms with Crippen LogP contribution in [0.3, 0.4) is 0 Å². The van der Waals surface area contributed by atoms with Crippen molar-refractivity contribution in [1.29, 1.82) is 0 Å². The number of carbonyl (C=O) groups excluding carboxylic acids is 1. The number of thioether (sulfide) groups is 1. The van der Waals surface area contributed by atoms with Gasteiger partial charge in [0.05, 0.1) is 23.6 Å². The summed E-state index contributed by atoms with van der Waals surface area (Å²) >= 11 is 1.64. The van der Waals surface area contributed by atoms with Crippen LogP contribution in [0.5, 0.6) is 5.75 Å². The number of hydrogen-bond acceptors (Lipinski definition) is 5. The van der Waals surface area contributed by atoms with Crippen LogP contribution in [0.2, 0.25) is 0 Å². The number of nitrogens with zero attached hydrogens (tertiary/aromatic N) is 1. The van der Waals surface area contributed by atoms with Crippen LogP contribution in [0.25, 0.3) is 11.0 Å². The molecule has 1 aromatic heterocycles. The van der Waals surface area contributed by atoms with Crippen LogP contribution in [0.1, 0.15) is 45.8 Å². The summed E-state index contributed by atoms with van der Waals surface area (Å²) in [5, 5.41) is 0.494. The third-order valence-corrected chi connectivity index (χ3v) is 7.09. The standard InChI is InChI=1S/C28H25NO4S/c1-5-32-20-10-8-19(9-11-20)29-25(18-6-12-21(34-4)13-7-18)24-26(30)22-14-16(2)17(3)15-23(22)33-27(24)28(29)31/h6-15,25H,5H2,1-4H3. The highest BCUT2D eigenvalue weighted by Gasteiger charge is 2.43. The molecule has 1 aliphatic heterocycles. The maximum absolute atomic E-state index is 13.8. The summed E-state index contributed by atoms with van der Waals surface area (Å²) in [7, 11) is 0. The first-order valence-electron chi connectivity index (χ1n) is 11.2. The molecule has 5 rings (SSSR count). The molecule has 0 aliphatic carbocycles. The molecule has 1 amide bonds. The van der Waals surface area contributed by atoms with Crippen molar-refractivity contribution in [3.8, 4) is 5.75 Å². The van der Waals surface area contributed by atoms with Gasteiger partial charge in [0.2, 0.25) is 5.76 Å². The Kier molecular flexibility index (Phi) is 5.70. The van der Waals surface area contributed by atoms with Crippen LogP contribution in [0, 0.1) is 13.8 Å². The molecule has 1 unspecified atom stereocenters. The van der Waals surface area contributed by atoms with Crippen molar-refractivity contribution < 1.29 is 13.9 Å². The van der Waals surface area contributed by atoms with Gasteiger partial charge < -0.3 is 9.15 Å². The maximum Gasteiger partial charge on any atom is 0.295 e. The topological polar surface area (TPSA) is 59.8 Å². The average Bonchev–Trinajstić information content (AvgIpc) is 3.14. The largest absolute Gasteiger partial charge is 0.494 e. The van der Waals surface area contributed by atoms with Crippen LogP contribution in [0.15, 0.2) is 74.8 Å². The van der Waals surface area contributed by atoms with Crippen LogP contribution < -0.4 is 15.1 Å². The summed E-state index contributed by atoms with van der Waals surface area (Å²) < 4.78 is 11.7.